The third-order valence-corrected chi connectivity index (χ3v) is 11.3. The van der Waals surface area contributed by atoms with E-state index in [1.807, 2.05) is 37.3 Å². The second kappa shape index (κ2) is 16.2. The van der Waals surface area contributed by atoms with Gasteiger partial charge in [0.15, 0.2) is 0 Å². The smallest absolute Gasteiger partial charge is 0.264 e. The molecule has 1 atom stereocenters. The summed E-state index contributed by atoms with van der Waals surface area (Å²) < 4.78 is 29.5. The number of hydrogen-bond acceptors (Lipinski definition) is 4. The van der Waals surface area contributed by atoms with Crippen LogP contribution < -0.4 is 9.62 Å². The van der Waals surface area contributed by atoms with E-state index in [9.17, 15) is 18.0 Å². The first-order valence-electron chi connectivity index (χ1n) is 15.9. The molecule has 0 unspecified atom stereocenters. The standard InChI is InChI=1S/C37H38Cl3N3O4S/c1-26-15-18-32(19-16-26)48(46,47)43(31-14-8-11-29(38)23-31)25-36(44)42(24-28-17-20-33(39)34(40)21-28)35(22-27-9-4-2-5-10-27)37(45)41-30-12-6-3-7-13-30/h2,4-5,8-11,14-21,23,30,35H,3,6-7,12-13,22,24-25H2,1H3,(H,41,45)/t35-/m1/s1. The molecule has 0 aliphatic heterocycles. The van der Waals surface area contributed by atoms with Crippen molar-refractivity contribution in [1.82, 2.24) is 10.2 Å². The second-order valence-electron chi connectivity index (χ2n) is 12.1. The van der Waals surface area contributed by atoms with Gasteiger partial charge in [-0.2, -0.15) is 0 Å². The Bertz CT molecular complexity index is 1830. The Kier molecular flexibility index (Phi) is 12.1. The van der Waals surface area contributed by atoms with Crippen LogP contribution in [0.25, 0.3) is 0 Å². The summed E-state index contributed by atoms with van der Waals surface area (Å²) in [4.78, 5) is 30.4. The van der Waals surface area contributed by atoms with Gasteiger partial charge in [0, 0.05) is 24.0 Å². The number of nitrogens with zero attached hydrogens (tertiary/aromatic N) is 2. The summed E-state index contributed by atoms with van der Waals surface area (Å²) in [5, 5.41) is 4.17. The van der Waals surface area contributed by atoms with Gasteiger partial charge in [-0.15, -0.1) is 0 Å². The van der Waals surface area contributed by atoms with Gasteiger partial charge in [-0.3, -0.25) is 13.9 Å². The number of rotatable bonds is 12. The molecule has 0 bridgehead atoms. The number of amides is 2. The van der Waals surface area contributed by atoms with Gasteiger partial charge < -0.3 is 10.2 Å². The van der Waals surface area contributed by atoms with Crippen molar-refractivity contribution in [2.75, 3.05) is 10.8 Å². The van der Waals surface area contributed by atoms with Gasteiger partial charge in [0.2, 0.25) is 11.8 Å². The van der Waals surface area contributed by atoms with Crippen LogP contribution in [0.5, 0.6) is 0 Å². The van der Waals surface area contributed by atoms with E-state index in [0.717, 1.165) is 47.5 Å². The number of sulfonamides is 1. The molecule has 7 nitrogen and oxygen atoms in total. The SMILES string of the molecule is Cc1ccc(S(=O)(=O)N(CC(=O)N(Cc2ccc(Cl)c(Cl)c2)[C@H](Cc2ccccc2)C(=O)NC2CCCCC2)c2cccc(Cl)c2)cc1. The van der Waals surface area contributed by atoms with Gasteiger partial charge in [-0.05, 0) is 73.4 Å². The second-order valence-corrected chi connectivity index (χ2v) is 15.2. The molecule has 48 heavy (non-hydrogen) atoms. The maximum Gasteiger partial charge on any atom is 0.264 e. The molecule has 1 fully saturated rings. The molecule has 1 aliphatic rings. The average Bonchev–Trinajstić information content (AvgIpc) is 3.07. The fraction of sp³-hybridized carbons (Fsp3) is 0.297. The molecule has 11 heteroatoms. The van der Waals surface area contributed by atoms with Crippen molar-refractivity contribution < 1.29 is 18.0 Å². The molecule has 2 amide bonds. The van der Waals surface area contributed by atoms with Crippen molar-refractivity contribution in [2.24, 2.45) is 0 Å². The quantitative estimate of drug-likeness (QED) is 0.159. The minimum absolute atomic E-state index is 0.00340. The third kappa shape index (κ3) is 9.11. The predicted molar refractivity (Wildman–Crippen MR) is 193 cm³/mol. The van der Waals surface area contributed by atoms with Crippen molar-refractivity contribution in [3.63, 3.8) is 0 Å². The molecular weight excluding hydrogens is 689 g/mol. The van der Waals surface area contributed by atoms with E-state index in [1.165, 1.54) is 23.1 Å². The van der Waals surface area contributed by atoms with E-state index in [1.54, 1.807) is 48.5 Å². The first-order chi connectivity index (χ1) is 23.0. The number of carbonyl (C=O) groups is 2. The van der Waals surface area contributed by atoms with Crippen molar-refractivity contribution in [3.05, 3.63) is 129 Å². The maximum absolute atomic E-state index is 14.7. The Balaban J connectivity index is 1.57. The molecule has 0 radical (unpaired) electrons. The normalized spacial score (nSPS) is 14.2. The maximum atomic E-state index is 14.7. The Hall–Kier alpha value is -3.56. The van der Waals surface area contributed by atoms with Gasteiger partial charge in [-0.1, -0.05) is 114 Å². The molecule has 0 saturated heterocycles. The summed E-state index contributed by atoms with van der Waals surface area (Å²) in [5.41, 5.74) is 2.60. The molecule has 0 heterocycles. The van der Waals surface area contributed by atoms with E-state index in [4.69, 9.17) is 34.8 Å². The zero-order valence-electron chi connectivity index (χ0n) is 26.6. The number of halogens is 3. The Morgan fingerprint density at radius 1 is 0.812 bits per heavy atom. The minimum Gasteiger partial charge on any atom is -0.352 e. The third-order valence-electron chi connectivity index (χ3n) is 8.54. The van der Waals surface area contributed by atoms with Crippen molar-refractivity contribution >= 4 is 62.3 Å². The zero-order chi connectivity index (χ0) is 34.3. The molecule has 5 rings (SSSR count). The van der Waals surface area contributed by atoms with Crippen LogP contribution in [0, 0.1) is 6.92 Å². The largest absolute Gasteiger partial charge is 0.352 e. The fourth-order valence-corrected chi connectivity index (χ4v) is 7.84. The van der Waals surface area contributed by atoms with Crippen LogP contribution >= 0.6 is 34.8 Å². The molecule has 252 valence electrons. The van der Waals surface area contributed by atoms with E-state index < -0.39 is 28.5 Å². The predicted octanol–water partition coefficient (Wildman–Crippen LogP) is 8.24. The number of nitrogens with one attached hydrogen (secondary N) is 1. The van der Waals surface area contributed by atoms with Crippen molar-refractivity contribution in [1.29, 1.82) is 0 Å². The monoisotopic (exact) mass is 725 g/mol. The highest BCUT2D eigenvalue weighted by atomic mass is 35.5. The summed E-state index contributed by atoms with van der Waals surface area (Å²) in [6.45, 7) is 1.26. The van der Waals surface area contributed by atoms with Crippen LogP contribution in [0.15, 0.2) is 102 Å². The summed E-state index contributed by atoms with van der Waals surface area (Å²) in [6.07, 6.45) is 5.10. The minimum atomic E-state index is -4.24. The van der Waals surface area contributed by atoms with E-state index in [-0.39, 0.29) is 35.5 Å². The molecule has 0 aromatic heterocycles. The van der Waals surface area contributed by atoms with Crippen LogP contribution in [0.3, 0.4) is 0 Å². The van der Waals surface area contributed by atoms with Crippen LogP contribution in [-0.4, -0.2) is 43.8 Å². The molecular formula is C37H38Cl3N3O4S. The average molecular weight is 727 g/mol. The van der Waals surface area contributed by atoms with Crippen LogP contribution in [0.1, 0.15) is 48.8 Å². The van der Waals surface area contributed by atoms with E-state index >= 15 is 0 Å². The topological polar surface area (TPSA) is 86.8 Å². The van der Waals surface area contributed by atoms with Gasteiger partial charge >= 0.3 is 0 Å². The highest BCUT2D eigenvalue weighted by Gasteiger charge is 2.35. The van der Waals surface area contributed by atoms with Crippen LogP contribution in [0.2, 0.25) is 15.1 Å². The van der Waals surface area contributed by atoms with Crippen LogP contribution in [-0.2, 0) is 32.6 Å². The van der Waals surface area contributed by atoms with E-state index in [2.05, 4.69) is 5.32 Å². The Labute approximate surface area is 297 Å². The number of aryl methyl sites for hydroxylation is 1. The van der Waals surface area contributed by atoms with Crippen molar-refractivity contribution in [3.8, 4) is 0 Å². The van der Waals surface area contributed by atoms with Gasteiger partial charge in [0.05, 0.1) is 20.6 Å². The van der Waals surface area contributed by atoms with Gasteiger partial charge in [0.1, 0.15) is 12.6 Å². The number of carbonyl (C=O) groups excluding carboxylic acids is 2. The molecule has 0 spiro atoms. The molecule has 1 N–H and O–H groups in total. The number of hydrogen-bond donors (Lipinski definition) is 1. The molecule has 1 aliphatic carbocycles. The molecule has 1 saturated carbocycles. The zero-order valence-corrected chi connectivity index (χ0v) is 29.7. The lowest BCUT2D eigenvalue weighted by Gasteiger charge is -2.35. The lowest BCUT2D eigenvalue weighted by molar-refractivity contribution is -0.140. The highest BCUT2D eigenvalue weighted by molar-refractivity contribution is 7.92. The fourth-order valence-electron chi connectivity index (χ4n) is 5.93. The number of anilines is 1. The lowest BCUT2D eigenvalue weighted by Crippen LogP contribution is -2.55. The number of benzene rings is 4. The first-order valence-corrected chi connectivity index (χ1v) is 18.5. The summed E-state index contributed by atoms with van der Waals surface area (Å²) in [7, 11) is -4.24. The highest BCUT2D eigenvalue weighted by Crippen LogP contribution is 2.29. The summed E-state index contributed by atoms with van der Waals surface area (Å²) in [5.74, 6) is -0.869. The lowest BCUT2D eigenvalue weighted by atomic mass is 9.94. The van der Waals surface area contributed by atoms with Crippen LogP contribution in [0.4, 0.5) is 5.69 Å². The van der Waals surface area contributed by atoms with Gasteiger partial charge in [0.25, 0.3) is 10.0 Å². The molecule has 4 aromatic rings. The summed E-state index contributed by atoms with van der Waals surface area (Å²) >= 11 is 18.9. The Morgan fingerprint density at radius 2 is 1.52 bits per heavy atom. The molecule has 4 aromatic carbocycles. The first kappa shape index (κ1) is 35.7. The summed E-state index contributed by atoms with van der Waals surface area (Å²) in [6, 6.07) is 26.3. The van der Waals surface area contributed by atoms with E-state index in [0.29, 0.717) is 20.6 Å². The van der Waals surface area contributed by atoms with Gasteiger partial charge in [-0.25, -0.2) is 8.42 Å². The Morgan fingerprint density at radius 3 is 2.19 bits per heavy atom. The van der Waals surface area contributed by atoms with Crippen molar-refractivity contribution in [2.45, 2.75) is 69.0 Å².